The minimum atomic E-state index is -1.88. The average molecular weight is 552 g/mol. The topological polar surface area (TPSA) is 178 Å². The number of carbonyl (C=O) groups excluding carboxylic acids is 2. The molecule has 1 unspecified atom stereocenters. The summed E-state index contributed by atoms with van der Waals surface area (Å²) in [5.74, 6) is -3.44. The molecular formula is C26H37N3O8S. The van der Waals surface area contributed by atoms with Gasteiger partial charge in [-0.25, -0.2) is 4.79 Å². The number of aliphatic hydroxyl groups is 1. The van der Waals surface area contributed by atoms with Crippen LogP contribution in [0.1, 0.15) is 51.5 Å². The second-order valence-electron chi connectivity index (χ2n) is 10.6. The van der Waals surface area contributed by atoms with Gasteiger partial charge in [-0.1, -0.05) is 58.1 Å². The number of amides is 2. The van der Waals surface area contributed by atoms with Gasteiger partial charge in [0, 0.05) is 6.42 Å². The molecule has 2 aromatic rings. The Labute approximate surface area is 225 Å². The maximum Gasteiger partial charge on any atom is 0.333 e. The lowest BCUT2D eigenvalue weighted by Gasteiger charge is -2.32. The molecule has 2 rings (SSSR count). The molecule has 1 aromatic carbocycles. The number of nitrogens with one attached hydrogen (secondary N) is 3. The maximum atomic E-state index is 12.9. The van der Waals surface area contributed by atoms with Gasteiger partial charge in [0.15, 0.2) is 6.10 Å². The number of rotatable bonds is 13. The first-order chi connectivity index (χ1) is 17.7. The van der Waals surface area contributed by atoms with Crippen molar-refractivity contribution in [1.29, 1.82) is 0 Å². The van der Waals surface area contributed by atoms with Gasteiger partial charge in [0.2, 0.25) is 17.7 Å². The fourth-order valence-electron chi connectivity index (χ4n) is 3.79. The highest BCUT2D eigenvalue weighted by atomic mass is 32.1. The van der Waals surface area contributed by atoms with E-state index < -0.39 is 41.3 Å². The number of aromatic nitrogens is 1. The number of H-pyrrole nitrogens is 1. The summed E-state index contributed by atoms with van der Waals surface area (Å²) in [5.41, 5.74) is 0.193. The Kier molecular flexibility index (Phi) is 10.9. The molecule has 0 aliphatic carbocycles. The molecule has 3 atom stereocenters. The first kappa shape index (κ1) is 30.8. The summed E-state index contributed by atoms with van der Waals surface area (Å²) >= 11 is 0.949. The number of aliphatic carboxylic acids is 1. The highest BCUT2D eigenvalue weighted by Gasteiger charge is 2.38. The molecule has 1 heterocycles. The maximum absolute atomic E-state index is 12.9. The molecule has 12 heteroatoms. The van der Waals surface area contributed by atoms with Crippen LogP contribution in [0.25, 0.3) is 0 Å². The second kappa shape index (κ2) is 13.4. The number of thiazole rings is 1. The number of carboxylic acid groups (broad SMARTS) is 1. The zero-order chi connectivity index (χ0) is 28.6. The van der Waals surface area contributed by atoms with Crippen LogP contribution in [-0.4, -0.2) is 63.4 Å². The third kappa shape index (κ3) is 9.18. The van der Waals surface area contributed by atoms with Crippen molar-refractivity contribution in [3.8, 4) is 11.6 Å². The number of carbonyl (C=O) groups is 3. The summed E-state index contributed by atoms with van der Waals surface area (Å²) in [5, 5.41) is 34.3. The van der Waals surface area contributed by atoms with Crippen LogP contribution in [0.2, 0.25) is 0 Å². The van der Waals surface area contributed by atoms with Crippen LogP contribution >= 0.6 is 11.3 Å². The van der Waals surface area contributed by atoms with Gasteiger partial charge in [0.1, 0.15) is 18.4 Å². The largest absolute Gasteiger partial charge is 0.494 e. The Morgan fingerprint density at radius 2 is 1.74 bits per heavy atom. The molecule has 210 valence electrons. The molecule has 38 heavy (non-hydrogen) atoms. The lowest BCUT2D eigenvalue weighted by Crippen LogP contribution is -2.56. The summed E-state index contributed by atoms with van der Waals surface area (Å²) in [7, 11) is 0. The fourth-order valence-corrected chi connectivity index (χ4v) is 4.55. The molecule has 0 spiro atoms. The van der Waals surface area contributed by atoms with Crippen molar-refractivity contribution >= 4 is 29.1 Å². The van der Waals surface area contributed by atoms with Gasteiger partial charge in [0.05, 0.1) is 17.3 Å². The molecule has 0 bridgehead atoms. The van der Waals surface area contributed by atoms with E-state index in [1.165, 1.54) is 0 Å². The summed E-state index contributed by atoms with van der Waals surface area (Å²) in [6.45, 7) is 9.25. The van der Waals surface area contributed by atoms with Crippen LogP contribution in [0.3, 0.4) is 0 Å². The van der Waals surface area contributed by atoms with Crippen molar-refractivity contribution in [2.45, 2.75) is 59.6 Å². The van der Waals surface area contributed by atoms with E-state index >= 15 is 0 Å². The third-order valence-electron chi connectivity index (χ3n) is 5.77. The van der Waals surface area contributed by atoms with Crippen molar-refractivity contribution in [3.63, 3.8) is 0 Å². The molecule has 1 aromatic heterocycles. The molecule has 0 aliphatic heterocycles. The number of aromatic hydroxyl groups is 1. The van der Waals surface area contributed by atoms with Crippen LogP contribution in [-0.2, 0) is 20.8 Å². The van der Waals surface area contributed by atoms with Crippen LogP contribution in [0, 0.1) is 17.3 Å². The number of aliphatic hydroxyl groups excluding tert-OH is 1. The van der Waals surface area contributed by atoms with Gasteiger partial charge in [0.25, 0.3) is 0 Å². The number of hydrogen-bond donors (Lipinski definition) is 6. The Balaban J connectivity index is 1.92. The Hall–Kier alpha value is -3.38. The standard InChI is InChI=1S/C26H37N3O8S/c1-14(2)12-17(19(30)24(34)35)21(31)28-20(26(3,4)5)23(33)27-10-11-37-16-8-6-15(7-9-16)13-18-22(32)29-25(36)38-18/h6-9,14,17,19-20,30,32H,10-13H2,1-5H3,(H,27,33)(H,28,31)(H,29,36)(H,34,35)/t17?,19-,20+/m0/s1. The minimum Gasteiger partial charge on any atom is -0.494 e. The highest BCUT2D eigenvalue weighted by Crippen LogP contribution is 2.23. The van der Waals surface area contributed by atoms with E-state index in [0.29, 0.717) is 17.0 Å². The smallest absolute Gasteiger partial charge is 0.333 e. The molecule has 0 saturated heterocycles. The molecule has 0 aliphatic rings. The molecular weight excluding hydrogens is 514 g/mol. The number of carboxylic acids is 1. The SMILES string of the molecule is CC(C)CC(C(=O)N[C@H](C(=O)NCCOc1ccc(Cc2sc(=O)[nH]c2O)cc1)C(C)(C)C)[C@H](O)C(=O)O. The van der Waals surface area contributed by atoms with Crippen LogP contribution < -0.4 is 20.2 Å². The van der Waals surface area contributed by atoms with E-state index in [9.17, 15) is 34.5 Å². The Morgan fingerprint density at radius 3 is 2.24 bits per heavy atom. The summed E-state index contributed by atoms with van der Waals surface area (Å²) in [6.07, 6.45) is -1.33. The van der Waals surface area contributed by atoms with E-state index in [0.717, 1.165) is 16.9 Å². The summed E-state index contributed by atoms with van der Waals surface area (Å²) in [4.78, 5) is 51.0. The zero-order valence-electron chi connectivity index (χ0n) is 22.2. The third-order valence-corrected chi connectivity index (χ3v) is 6.64. The highest BCUT2D eigenvalue weighted by molar-refractivity contribution is 7.09. The van der Waals surface area contributed by atoms with Gasteiger partial charge >= 0.3 is 10.8 Å². The molecule has 2 amide bonds. The summed E-state index contributed by atoms with van der Waals surface area (Å²) in [6, 6.07) is 6.13. The van der Waals surface area contributed by atoms with Crippen LogP contribution in [0.15, 0.2) is 29.1 Å². The van der Waals surface area contributed by atoms with Gasteiger partial charge in [-0.15, -0.1) is 0 Å². The van der Waals surface area contributed by atoms with E-state index in [2.05, 4.69) is 15.6 Å². The van der Waals surface area contributed by atoms with Crippen molar-refractivity contribution in [3.05, 3.63) is 44.4 Å². The second-order valence-corrected chi connectivity index (χ2v) is 11.6. The van der Waals surface area contributed by atoms with Gasteiger partial charge < -0.3 is 30.7 Å². The van der Waals surface area contributed by atoms with Crippen molar-refractivity contribution in [2.75, 3.05) is 13.2 Å². The lowest BCUT2D eigenvalue weighted by molar-refractivity contribution is -0.154. The quantitative estimate of drug-likeness (QED) is 0.204. The van der Waals surface area contributed by atoms with Crippen molar-refractivity contribution in [1.82, 2.24) is 15.6 Å². The fraction of sp³-hybridized carbons (Fsp3) is 0.538. The molecule has 11 nitrogen and oxygen atoms in total. The number of ether oxygens (including phenoxy) is 1. The first-order valence-electron chi connectivity index (χ1n) is 12.3. The van der Waals surface area contributed by atoms with E-state index in [-0.39, 0.29) is 36.2 Å². The Bertz CT molecular complexity index is 1150. The normalized spacial score (nSPS) is 14.0. The predicted molar refractivity (Wildman–Crippen MR) is 142 cm³/mol. The zero-order valence-corrected chi connectivity index (χ0v) is 23.1. The number of hydrogen-bond acceptors (Lipinski definition) is 8. The molecule has 0 saturated carbocycles. The molecule has 0 radical (unpaired) electrons. The van der Waals surface area contributed by atoms with E-state index in [1.54, 1.807) is 32.9 Å². The van der Waals surface area contributed by atoms with Crippen molar-refractivity contribution < 1.29 is 34.4 Å². The molecule has 6 N–H and O–H groups in total. The lowest BCUT2D eigenvalue weighted by atomic mass is 9.84. The predicted octanol–water partition coefficient (Wildman–Crippen LogP) is 1.87. The van der Waals surface area contributed by atoms with Crippen LogP contribution in [0.4, 0.5) is 0 Å². The average Bonchev–Trinajstić information content (AvgIpc) is 3.14. The Morgan fingerprint density at radius 1 is 1.11 bits per heavy atom. The minimum absolute atomic E-state index is 0.0417. The van der Waals surface area contributed by atoms with E-state index in [4.69, 9.17) is 4.74 Å². The van der Waals surface area contributed by atoms with Gasteiger partial charge in [-0.3, -0.25) is 19.4 Å². The van der Waals surface area contributed by atoms with Crippen LogP contribution in [0.5, 0.6) is 11.6 Å². The van der Waals surface area contributed by atoms with E-state index in [1.807, 2.05) is 26.0 Å². The number of aromatic amines is 1. The monoisotopic (exact) mass is 551 g/mol. The first-order valence-corrected chi connectivity index (χ1v) is 13.1. The number of benzene rings is 1. The molecule has 0 fully saturated rings. The van der Waals surface area contributed by atoms with Gasteiger partial charge in [-0.05, 0) is 35.4 Å². The van der Waals surface area contributed by atoms with Gasteiger partial charge in [-0.2, -0.15) is 0 Å². The van der Waals surface area contributed by atoms with Crippen molar-refractivity contribution in [2.24, 2.45) is 17.3 Å². The summed E-state index contributed by atoms with van der Waals surface area (Å²) < 4.78 is 5.67.